The number of nitrogens with zero attached hydrogens (tertiary/aromatic N) is 1. The highest BCUT2D eigenvalue weighted by atomic mass is 35.5. The molecule has 32 heavy (non-hydrogen) atoms. The molecule has 0 fully saturated rings. The van der Waals surface area contributed by atoms with E-state index in [4.69, 9.17) is 32.4 Å². The Hall–Kier alpha value is -3.29. The van der Waals surface area contributed by atoms with E-state index in [9.17, 15) is 9.59 Å². The number of hydrogen-bond acceptors (Lipinski definition) is 5. The predicted octanol–water partition coefficient (Wildman–Crippen LogP) is 5.58. The van der Waals surface area contributed by atoms with Crippen LogP contribution in [0.2, 0.25) is 10.0 Å². The minimum atomic E-state index is -0.594. The van der Waals surface area contributed by atoms with Crippen LogP contribution in [-0.4, -0.2) is 24.8 Å². The highest BCUT2D eigenvalue weighted by molar-refractivity contribution is 6.42. The second-order valence-corrected chi connectivity index (χ2v) is 7.47. The molecular weight excluding hydrogens is 453 g/mol. The molecule has 2 N–H and O–H groups in total. The van der Waals surface area contributed by atoms with Crippen LogP contribution in [0.4, 0.5) is 4.79 Å². The van der Waals surface area contributed by atoms with Gasteiger partial charge in [-0.25, -0.2) is 10.2 Å². The van der Waals surface area contributed by atoms with Gasteiger partial charge in [-0.1, -0.05) is 53.5 Å². The number of furan rings is 1. The van der Waals surface area contributed by atoms with Crippen LogP contribution in [-0.2, 0) is 9.53 Å². The molecule has 2 aromatic carbocycles. The van der Waals surface area contributed by atoms with Gasteiger partial charge < -0.3 is 14.5 Å². The average molecular weight is 474 g/mol. The quantitative estimate of drug-likeness (QED) is 0.329. The fourth-order valence-corrected chi connectivity index (χ4v) is 3.18. The van der Waals surface area contributed by atoms with E-state index in [-0.39, 0.29) is 18.9 Å². The number of halogens is 2. The Morgan fingerprint density at radius 3 is 2.59 bits per heavy atom. The summed E-state index contributed by atoms with van der Waals surface area (Å²) in [5.74, 6) is 0.637. The van der Waals surface area contributed by atoms with E-state index < -0.39 is 12.1 Å². The molecule has 0 aliphatic rings. The molecule has 166 valence electrons. The SMILES string of the molecule is CCOC(=O)N[C@H](CC(=O)N/N=C\c1ccc(-c2ccc(Cl)c(Cl)c2)o1)c1ccccc1. The van der Waals surface area contributed by atoms with Crippen LogP contribution >= 0.6 is 23.2 Å². The molecule has 0 radical (unpaired) electrons. The first-order valence-corrected chi connectivity index (χ1v) is 10.6. The van der Waals surface area contributed by atoms with E-state index in [1.54, 1.807) is 37.3 Å². The molecule has 1 aromatic heterocycles. The number of carbonyl (C=O) groups excluding carboxylic acids is 2. The Balaban J connectivity index is 1.60. The second kappa shape index (κ2) is 11.4. The number of alkyl carbamates (subject to hydrolysis) is 1. The molecule has 9 heteroatoms. The molecule has 0 bridgehead atoms. The number of amides is 2. The first-order valence-electron chi connectivity index (χ1n) is 9.81. The molecule has 7 nitrogen and oxygen atoms in total. The monoisotopic (exact) mass is 473 g/mol. The van der Waals surface area contributed by atoms with Crippen LogP contribution in [0.1, 0.15) is 30.7 Å². The first-order chi connectivity index (χ1) is 15.5. The Morgan fingerprint density at radius 2 is 1.88 bits per heavy atom. The van der Waals surface area contributed by atoms with E-state index in [0.29, 0.717) is 21.6 Å². The van der Waals surface area contributed by atoms with Crippen molar-refractivity contribution < 1.29 is 18.7 Å². The maximum atomic E-state index is 12.4. The molecule has 0 aliphatic heterocycles. The van der Waals surface area contributed by atoms with E-state index in [1.807, 2.05) is 30.3 Å². The summed E-state index contributed by atoms with van der Waals surface area (Å²) in [6, 6.07) is 17.2. The molecule has 3 rings (SSSR count). The van der Waals surface area contributed by atoms with Crippen molar-refractivity contribution in [1.82, 2.24) is 10.7 Å². The third-order valence-corrected chi connectivity index (χ3v) is 5.11. The Morgan fingerprint density at radius 1 is 1.09 bits per heavy atom. The van der Waals surface area contributed by atoms with Crippen LogP contribution in [0.3, 0.4) is 0 Å². The van der Waals surface area contributed by atoms with Crippen LogP contribution in [0.25, 0.3) is 11.3 Å². The van der Waals surface area contributed by atoms with Gasteiger partial charge in [-0.2, -0.15) is 5.10 Å². The summed E-state index contributed by atoms with van der Waals surface area (Å²) in [5, 5.41) is 7.50. The molecule has 0 saturated heterocycles. The van der Waals surface area contributed by atoms with Gasteiger partial charge in [0.1, 0.15) is 11.5 Å². The summed E-state index contributed by atoms with van der Waals surface area (Å²) in [5.41, 5.74) is 3.98. The zero-order valence-electron chi connectivity index (χ0n) is 17.2. The van der Waals surface area contributed by atoms with Gasteiger partial charge in [0.2, 0.25) is 5.91 Å². The summed E-state index contributed by atoms with van der Waals surface area (Å²) in [6.45, 7) is 1.94. The Bertz CT molecular complexity index is 1100. The Kier molecular flexibility index (Phi) is 8.30. The minimum Gasteiger partial charge on any atom is -0.455 e. The number of nitrogens with one attached hydrogen (secondary N) is 2. The average Bonchev–Trinajstić information content (AvgIpc) is 3.25. The van der Waals surface area contributed by atoms with Crippen LogP contribution in [0.5, 0.6) is 0 Å². The minimum absolute atomic E-state index is 0.0210. The molecule has 3 aromatic rings. The third-order valence-electron chi connectivity index (χ3n) is 4.37. The van der Waals surface area contributed by atoms with Gasteiger partial charge in [0.15, 0.2) is 0 Å². The number of rotatable bonds is 8. The normalized spacial score (nSPS) is 11.8. The predicted molar refractivity (Wildman–Crippen MR) is 124 cm³/mol. The molecule has 2 amide bonds. The van der Waals surface area contributed by atoms with Crippen molar-refractivity contribution in [2.24, 2.45) is 5.10 Å². The third kappa shape index (κ3) is 6.60. The molecule has 0 saturated carbocycles. The topological polar surface area (TPSA) is 92.9 Å². The molecule has 0 aliphatic carbocycles. The molecule has 1 atom stereocenters. The number of benzene rings is 2. The first kappa shape index (κ1) is 23.4. The van der Waals surface area contributed by atoms with Gasteiger partial charge in [0.25, 0.3) is 0 Å². The molecule has 0 spiro atoms. The standard InChI is InChI=1S/C23H21Cl2N3O4/c1-2-31-23(30)27-20(15-6-4-3-5-7-15)13-22(29)28-26-14-17-9-11-21(32-17)16-8-10-18(24)19(25)12-16/h3-12,14,20H,2,13H2,1H3,(H,27,30)(H,28,29)/b26-14-/t20-/m1/s1. The highest BCUT2D eigenvalue weighted by Crippen LogP contribution is 2.29. The summed E-state index contributed by atoms with van der Waals surface area (Å²) in [7, 11) is 0. The van der Waals surface area contributed by atoms with Gasteiger partial charge in [-0.15, -0.1) is 0 Å². The molecule has 1 heterocycles. The van der Waals surface area contributed by atoms with Crippen molar-refractivity contribution in [3.8, 4) is 11.3 Å². The Labute approximate surface area is 195 Å². The lowest BCUT2D eigenvalue weighted by Crippen LogP contribution is -2.33. The van der Waals surface area contributed by atoms with Crippen molar-refractivity contribution in [1.29, 1.82) is 0 Å². The fourth-order valence-electron chi connectivity index (χ4n) is 2.88. The fraction of sp³-hybridized carbons (Fsp3) is 0.174. The van der Waals surface area contributed by atoms with Crippen molar-refractivity contribution in [3.63, 3.8) is 0 Å². The lowest BCUT2D eigenvalue weighted by molar-refractivity contribution is -0.121. The van der Waals surface area contributed by atoms with Crippen LogP contribution < -0.4 is 10.7 Å². The number of hydrogen-bond donors (Lipinski definition) is 2. The van der Waals surface area contributed by atoms with Crippen LogP contribution in [0, 0.1) is 0 Å². The lowest BCUT2D eigenvalue weighted by Gasteiger charge is -2.17. The summed E-state index contributed by atoms with van der Waals surface area (Å²) in [4.78, 5) is 24.2. The lowest BCUT2D eigenvalue weighted by atomic mass is 10.0. The highest BCUT2D eigenvalue weighted by Gasteiger charge is 2.18. The van der Waals surface area contributed by atoms with Crippen molar-refractivity contribution in [2.45, 2.75) is 19.4 Å². The summed E-state index contributed by atoms with van der Waals surface area (Å²) < 4.78 is 10.6. The zero-order valence-corrected chi connectivity index (χ0v) is 18.7. The number of hydrazone groups is 1. The molecule has 0 unspecified atom stereocenters. The number of ether oxygens (including phenoxy) is 1. The largest absolute Gasteiger partial charge is 0.455 e. The van der Waals surface area contributed by atoms with Gasteiger partial charge in [-0.05, 0) is 42.8 Å². The molecular formula is C23H21Cl2N3O4. The number of carbonyl (C=O) groups is 2. The van der Waals surface area contributed by atoms with Gasteiger partial charge in [-0.3, -0.25) is 4.79 Å². The van der Waals surface area contributed by atoms with Gasteiger partial charge in [0, 0.05) is 5.56 Å². The van der Waals surface area contributed by atoms with E-state index in [0.717, 1.165) is 11.1 Å². The van der Waals surface area contributed by atoms with E-state index in [2.05, 4.69) is 15.8 Å². The maximum Gasteiger partial charge on any atom is 0.407 e. The van der Waals surface area contributed by atoms with Crippen molar-refractivity contribution >= 4 is 41.4 Å². The van der Waals surface area contributed by atoms with Crippen molar-refractivity contribution in [3.05, 3.63) is 82.0 Å². The van der Waals surface area contributed by atoms with Crippen LogP contribution in [0.15, 0.2) is 70.2 Å². The second-order valence-electron chi connectivity index (χ2n) is 6.66. The van der Waals surface area contributed by atoms with E-state index in [1.165, 1.54) is 6.21 Å². The smallest absolute Gasteiger partial charge is 0.407 e. The van der Waals surface area contributed by atoms with Crippen molar-refractivity contribution in [2.75, 3.05) is 6.61 Å². The van der Waals surface area contributed by atoms with Gasteiger partial charge >= 0.3 is 6.09 Å². The zero-order chi connectivity index (χ0) is 22.9. The van der Waals surface area contributed by atoms with Gasteiger partial charge in [0.05, 0.1) is 35.3 Å². The van der Waals surface area contributed by atoms with E-state index >= 15 is 0 Å². The summed E-state index contributed by atoms with van der Waals surface area (Å²) in [6.07, 6.45) is 0.769. The summed E-state index contributed by atoms with van der Waals surface area (Å²) >= 11 is 12.0. The maximum absolute atomic E-state index is 12.4.